The van der Waals surface area contributed by atoms with Gasteiger partial charge in [0.25, 0.3) is 0 Å². The Hall–Kier alpha value is -2.06. The highest BCUT2D eigenvalue weighted by atomic mass is 32.1. The lowest BCUT2D eigenvalue weighted by molar-refractivity contribution is -0.118. The SMILES string of the molecule is CC(=O)NCCc1ccc(C(=O)COC(=O)c2sc(C)nc2C)s1. The van der Waals surface area contributed by atoms with Gasteiger partial charge < -0.3 is 10.1 Å². The number of hydrogen-bond donors (Lipinski definition) is 1. The molecule has 0 bridgehead atoms. The standard InChI is InChI=1S/C16H18N2O4S2/c1-9-15(23-11(3)18-9)16(21)22-8-13(20)14-5-4-12(24-14)6-7-17-10(2)19/h4-5H,6-8H2,1-3H3,(H,17,19). The number of thiophene rings is 1. The van der Waals surface area contributed by atoms with Crippen molar-refractivity contribution in [3.8, 4) is 0 Å². The van der Waals surface area contributed by atoms with Crippen LogP contribution in [0, 0.1) is 13.8 Å². The number of ketones is 1. The van der Waals surface area contributed by atoms with Gasteiger partial charge in [-0.25, -0.2) is 9.78 Å². The molecule has 0 atom stereocenters. The molecule has 0 radical (unpaired) electrons. The molecule has 0 fully saturated rings. The predicted octanol–water partition coefficient (Wildman–Crippen LogP) is 2.54. The number of aromatic nitrogens is 1. The quantitative estimate of drug-likeness (QED) is 0.601. The minimum atomic E-state index is -0.520. The van der Waals surface area contributed by atoms with Gasteiger partial charge in [0.2, 0.25) is 11.7 Å². The van der Waals surface area contributed by atoms with Crippen LogP contribution in [0.4, 0.5) is 0 Å². The molecule has 0 unspecified atom stereocenters. The van der Waals surface area contributed by atoms with Gasteiger partial charge in [0.1, 0.15) is 4.88 Å². The van der Waals surface area contributed by atoms with E-state index in [-0.39, 0.29) is 18.3 Å². The van der Waals surface area contributed by atoms with Crippen molar-refractivity contribution in [1.29, 1.82) is 0 Å². The molecule has 2 aromatic rings. The average molecular weight is 366 g/mol. The van der Waals surface area contributed by atoms with Gasteiger partial charge in [-0.05, 0) is 32.4 Å². The minimum absolute atomic E-state index is 0.0802. The molecule has 24 heavy (non-hydrogen) atoms. The molecule has 0 aliphatic rings. The second-order valence-electron chi connectivity index (χ2n) is 5.15. The lowest BCUT2D eigenvalue weighted by Crippen LogP contribution is -2.22. The number of carbonyl (C=O) groups is 3. The maximum Gasteiger partial charge on any atom is 0.350 e. The number of Topliss-reactive ketones (excluding diaryl/α,β-unsaturated/α-hetero) is 1. The van der Waals surface area contributed by atoms with Crippen LogP contribution < -0.4 is 5.32 Å². The lowest BCUT2D eigenvalue weighted by atomic mass is 10.3. The molecule has 1 N–H and O–H groups in total. The van der Waals surface area contributed by atoms with E-state index in [0.29, 0.717) is 28.4 Å². The molecule has 0 spiro atoms. The summed E-state index contributed by atoms with van der Waals surface area (Å²) in [6.45, 7) is 5.25. The van der Waals surface area contributed by atoms with Gasteiger partial charge in [0.05, 0.1) is 15.6 Å². The van der Waals surface area contributed by atoms with Crippen molar-refractivity contribution >= 4 is 40.3 Å². The lowest BCUT2D eigenvalue weighted by Gasteiger charge is -2.02. The number of aryl methyl sites for hydroxylation is 2. The zero-order valence-electron chi connectivity index (χ0n) is 13.7. The van der Waals surface area contributed by atoms with Crippen LogP contribution in [0.15, 0.2) is 12.1 Å². The van der Waals surface area contributed by atoms with E-state index in [1.54, 1.807) is 13.0 Å². The maximum absolute atomic E-state index is 12.1. The van der Waals surface area contributed by atoms with Crippen LogP contribution in [-0.2, 0) is 16.0 Å². The monoisotopic (exact) mass is 366 g/mol. The molecule has 128 valence electrons. The minimum Gasteiger partial charge on any atom is -0.453 e. The first-order valence-corrected chi connectivity index (χ1v) is 8.97. The van der Waals surface area contributed by atoms with Crippen LogP contribution in [0.1, 0.15) is 41.8 Å². The molecule has 8 heteroatoms. The Kier molecular flexibility index (Phi) is 6.22. The number of esters is 1. The van der Waals surface area contributed by atoms with Gasteiger partial charge in [-0.1, -0.05) is 0 Å². The third-order valence-corrected chi connectivity index (χ3v) is 5.34. The number of rotatable bonds is 7. The van der Waals surface area contributed by atoms with Crippen LogP contribution in [0.25, 0.3) is 0 Å². The highest BCUT2D eigenvalue weighted by Gasteiger charge is 2.18. The Morgan fingerprint density at radius 3 is 2.58 bits per heavy atom. The third kappa shape index (κ3) is 4.97. The number of thiazole rings is 1. The molecule has 0 aromatic carbocycles. The first kappa shape index (κ1) is 18.3. The molecule has 0 aliphatic carbocycles. The van der Waals surface area contributed by atoms with E-state index in [4.69, 9.17) is 4.74 Å². The fourth-order valence-electron chi connectivity index (χ4n) is 2.01. The van der Waals surface area contributed by atoms with E-state index < -0.39 is 5.97 Å². The van der Waals surface area contributed by atoms with E-state index in [2.05, 4.69) is 10.3 Å². The molecule has 2 heterocycles. The molecule has 0 saturated carbocycles. The number of ether oxygens (including phenoxy) is 1. The summed E-state index contributed by atoms with van der Waals surface area (Å²) in [6, 6.07) is 3.56. The number of carbonyl (C=O) groups excluding carboxylic acids is 3. The second-order valence-corrected chi connectivity index (χ2v) is 7.52. The van der Waals surface area contributed by atoms with Crippen molar-refractivity contribution in [2.24, 2.45) is 0 Å². The van der Waals surface area contributed by atoms with Crippen molar-refractivity contribution in [3.63, 3.8) is 0 Å². The Bertz CT molecular complexity index is 764. The molecule has 0 saturated heterocycles. The van der Waals surface area contributed by atoms with Crippen molar-refractivity contribution in [1.82, 2.24) is 10.3 Å². The van der Waals surface area contributed by atoms with Gasteiger partial charge in [0, 0.05) is 18.3 Å². The van der Waals surface area contributed by atoms with Crippen LogP contribution >= 0.6 is 22.7 Å². The summed E-state index contributed by atoms with van der Waals surface area (Å²) < 4.78 is 5.09. The summed E-state index contributed by atoms with van der Waals surface area (Å²) in [5.41, 5.74) is 0.617. The highest BCUT2D eigenvalue weighted by molar-refractivity contribution is 7.14. The largest absolute Gasteiger partial charge is 0.453 e. The van der Waals surface area contributed by atoms with Crippen molar-refractivity contribution < 1.29 is 19.1 Å². The smallest absolute Gasteiger partial charge is 0.350 e. The van der Waals surface area contributed by atoms with Gasteiger partial charge in [-0.15, -0.1) is 22.7 Å². The molecule has 0 aliphatic heterocycles. The summed E-state index contributed by atoms with van der Waals surface area (Å²) in [6.07, 6.45) is 0.663. The molecule has 2 rings (SSSR count). The zero-order valence-corrected chi connectivity index (χ0v) is 15.3. The first-order chi connectivity index (χ1) is 11.4. The number of nitrogens with one attached hydrogen (secondary N) is 1. The van der Waals surface area contributed by atoms with E-state index in [1.807, 2.05) is 13.0 Å². The summed E-state index contributed by atoms with van der Waals surface area (Å²) in [4.78, 5) is 41.1. The van der Waals surface area contributed by atoms with Crippen LogP contribution in [0.3, 0.4) is 0 Å². The molecular formula is C16H18N2O4S2. The maximum atomic E-state index is 12.1. The zero-order chi connectivity index (χ0) is 17.7. The fraction of sp³-hybridized carbons (Fsp3) is 0.375. The van der Waals surface area contributed by atoms with E-state index in [0.717, 1.165) is 9.88 Å². The van der Waals surface area contributed by atoms with Gasteiger partial charge in [0.15, 0.2) is 6.61 Å². The Morgan fingerprint density at radius 1 is 1.21 bits per heavy atom. The van der Waals surface area contributed by atoms with Crippen LogP contribution in [0.5, 0.6) is 0 Å². The number of hydrogen-bond acceptors (Lipinski definition) is 7. The summed E-state index contributed by atoms with van der Waals surface area (Å²) in [7, 11) is 0. The van der Waals surface area contributed by atoms with Gasteiger partial charge in [-0.2, -0.15) is 0 Å². The molecule has 6 nitrogen and oxygen atoms in total. The average Bonchev–Trinajstić information content (AvgIpc) is 3.10. The fourth-order valence-corrected chi connectivity index (χ4v) is 3.76. The molecule has 1 amide bonds. The summed E-state index contributed by atoms with van der Waals surface area (Å²) in [5, 5.41) is 3.49. The van der Waals surface area contributed by atoms with E-state index in [9.17, 15) is 14.4 Å². The topological polar surface area (TPSA) is 85.4 Å². The van der Waals surface area contributed by atoms with Crippen molar-refractivity contribution in [2.45, 2.75) is 27.2 Å². The Labute approximate surface area is 147 Å². The normalized spacial score (nSPS) is 10.5. The molecule has 2 aromatic heterocycles. The van der Waals surface area contributed by atoms with Crippen molar-refractivity contribution in [2.75, 3.05) is 13.2 Å². The second kappa shape index (κ2) is 8.16. The van der Waals surface area contributed by atoms with Crippen LogP contribution in [-0.4, -0.2) is 35.8 Å². The van der Waals surface area contributed by atoms with E-state index >= 15 is 0 Å². The number of amides is 1. The van der Waals surface area contributed by atoms with Gasteiger partial charge >= 0.3 is 5.97 Å². The van der Waals surface area contributed by atoms with Crippen LogP contribution in [0.2, 0.25) is 0 Å². The van der Waals surface area contributed by atoms with E-state index in [1.165, 1.54) is 29.6 Å². The first-order valence-electron chi connectivity index (χ1n) is 7.34. The highest BCUT2D eigenvalue weighted by Crippen LogP contribution is 2.20. The van der Waals surface area contributed by atoms with Crippen molar-refractivity contribution in [3.05, 3.63) is 37.5 Å². The Morgan fingerprint density at radius 2 is 1.96 bits per heavy atom. The summed E-state index contributed by atoms with van der Waals surface area (Å²) >= 11 is 2.60. The number of nitrogens with zero attached hydrogens (tertiary/aromatic N) is 1. The van der Waals surface area contributed by atoms with Gasteiger partial charge in [-0.3, -0.25) is 9.59 Å². The predicted molar refractivity (Wildman–Crippen MR) is 92.9 cm³/mol. The third-order valence-electron chi connectivity index (χ3n) is 3.11. The Balaban J connectivity index is 1.86. The molecular weight excluding hydrogens is 348 g/mol. The summed E-state index contributed by atoms with van der Waals surface area (Å²) in [5.74, 6) is -0.838.